The van der Waals surface area contributed by atoms with Crippen LogP contribution in [0.4, 0.5) is 4.39 Å². The highest BCUT2D eigenvalue weighted by molar-refractivity contribution is 5.71. The summed E-state index contributed by atoms with van der Waals surface area (Å²) in [6.07, 6.45) is 0.655. The van der Waals surface area contributed by atoms with Crippen molar-refractivity contribution in [1.29, 1.82) is 0 Å². The highest BCUT2D eigenvalue weighted by Gasteiger charge is 2.17. The average Bonchev–Trinajstić information content (AvgIpc) is 2.13. The molecule has 0 aliphatic heterocycles. The zero-order valence-electron chi connectivity index (χ0n) is 7.57. The molecule has 82 valence electrons. The summed E-state index contributed by atoms with van der Waals surface area (Å²) >= 11 is 0. The van der Waals surface area contributed by atoms with Gasteiger partial charge in [-0.1, -0.05) is 0 Å². The molecule has 1 aromatic heterocycles. The fourth-order valence-electron chi connectivity index (χ4n) is 0.934. The Hall–Kier alpha value is -1.96. The first-order valence-electron chi connectivity index (χ1n) is 3.97. The molecule has 1 heterocycles. The molecule has 15 heavy (non-hydrogen) atoms. The fourth-order valence-corrected chi connectivity index (χ4v) is 0.934. The summed E-state index contributed by atoms with van der Waals surface area (Å²) in [5, 5.41) is 8.51. The van der Waals surface area contributed by atoms with Crippen LogP contribution in [0.15, 0.2) is 15.8 Å². The van der Waals surface area contributed by atoms with Crippen LogP contribution in [0.25, 0.3) is 0 Å². The lowest BCUT2D eigenvalue weighted by molar-refractivity contribution is -0.410. The summed E-state index contributed by atoms with van der Waals surface area (Å²) < 4.78 is 13.5. The normalized spacial score (nSPS) is 12.4. The summed E-state index contributed by atoms with van der Waals surface area (Å²) in [4.78, 5) is 33.8. The molecule has 1 aromatic rings. The smallest absolute Gasteiger partial charge is 0.364 e. The van der Waals surface area contributed by atoms with Crippen LogP contribution in [0.1, 0.15) is 0 Å². The first-order valence-corrected chi connectivity index (χ1v) is 3.97. The summed E-state index contributed by atoms with van der Waals surface area (Å²) in [5.74, 6) is -2.36. The Morgan fingerprint density at radius 1 is 1.67 bits per heavy atom. The number of aromatic amines is 1. The summed E-state index contributed by atoms with van der Waals surface area (Å²) in [5.41, 5.74) is 1.26. The van der Waals surface area contributed by atoms with E-state index in [1.165, 1.54) is 0 Å². The van der Waals surface area contributed by atoms with E-state index in [-0.39, 0.29) is 6.54 Å². The molecule has 1 atom stereocenters. The van der Waals surface area contributed by atoms with Crippen LogP contribution < -0.4 is 17.0 Å². The van der Waals surface area contributed by atoms with E-state index in [1.807, 2.05) is 0 Å². The van der Waals surface area contributed by atoms with Crippen molar-refractivity contribution in [1.82, 2.24) is 9.55 Å². The van der Waals surface area contributed by atoms with E-state index in [4.69, 9.17) is 5.11 Å². The number of carboxylic acids is 1. The van der Waals surface area contributed by atoms with E-state index in [0.717, 1.165) is 4.57 Å². The van der Waals surface area contributed by atoms with Crippen LogP contribution in [0.2, 0.25) is 0 Å². The van der Waals surface area contributed by atoms with Crippen molar-refractivity contribution in [2.45, 2.75) is 12.6 Å². The van der Waals surface area contributed by atoms with Gasteiger partial charge >= 0.3 is 11.7 Å². The molecule has 0 bridgehead atoms. The number of halogens is 1. The van der Waals surface area contributed by atoms with Crippen LogP contribution in [-0.4, -0.2) is 26.7 Å². The molecule has 0 saturated heterocycles. The topological polar surface area (TPSA) is 120 Å². The predicted octanol–water partition coefficient (Wildman–Crippen LogP) is -2.63. The number of aliphatic carboxylic acids is 1. The number of nitrogens with one attached hydrogen (secondary N) is 1. The number of nitrogens with zero attached hydrogens (tertiary/aromatic N) is 1. The second-order valence-corrected chi connectivity index (χ2v) is 2.92. The molecule has 0 aliphatic rings. The Labute approximate surface area is 82.0 Å². The minimum Gasteiger partial charge on any atom is -0.477 e. The van der Waals surface area contributed by atoms with Gasteiger partial charge in [-0.25, -0.2) is 9.59 Å². The number of rotatable bonds is 3. The Balaban J connectivity index is 3.06. The third-order valence-corrected chi connectivity index (χ3v) is 1.73. The molecule has 1 rings (SSSR count). The zero-order chi connectivity index (χ0) is 11.6. The molecule has 0 aromatic carbocycles. The van der Waals surface area contributed by atoms with Crippen LogP contribution in [-0.2, 0) is 11.3 Å². The molecule has 8 heteroatoms. The number of aromatic nitrogens is 2. The molecular formula is C7H9FN3O4+. The van der Waals surface area contributed by atoms with Crippen LogP contribution in [0.5, 0.6) is 0 Å². The molecule has 5 N–H and O–H groups in total. The number of hydrogen-bond acceptors (Lipinski definition) is 3. The largest absolute Gasteiger partial charge is 0.477 e. The van der Waals surface area contributed by atoms with Crippen molar-refractivity contribution in [3.63, 3.8) is 0 Å². The van der Waals surface area contributed by atoms with Crippen molar-refractivity contribution in [2.75, 3.05) is 0 Å². The van der Waals surface area contributed by atoms with Gasteiger partial charge in [0, 0.05) is 0 Å². The number of quaternary nitrogens is 1. The number of hydrogen-bond donors (Lipinski definition) is 3. The van der Waals surface area contributed by atoms with Gasteiger partial charge in [-0.3, -0.25) is 14.3 Å². The molecule has 0 spiro atoms. The predicted molar refractivity (Wildman–Crippen MR) is 45.6 cm³/mol. The van der Waals surface area contributed by atoms with Crippen LogP contribution in [0.3, 0.4) is 0 Å². The Kier molecular flexibility index (Phi) is 3.00. The van der Waals surface area contributed by atoms with Gasteiger partial charge in [0.05, 0.1) is 12.7 Å². The minimum absolute atomic E-state index is 0.304. The molecule has 0 amide bonds. The quantitative estimate of drug-likeness (QED) is 0.514. The first-order chi connectivity index (χ1) is 6.91. The fraction of sp³-hybridized carbons (Fsp3) is 0.286. The van der Waals surface area contributed by atoms with Crippen molar-refractivity contribution < 1.29 is 20.0 Å². The standard InChI is InChI=1S/C7H8FN3O4/c8-3-1-11(2-4(9)6(13)14)7(15)10-5(3)12/h1,4H,2,9H2,(H,13,14)(H,10,12,15)/p+1/t4-/m0/s1. The maximum Gasteiger partial charge on any atom is 0.364 e. The van der Waals surface area contributed by atoms with Gasteiger partial charge in [0.15, 0.2) is 0 Å². The zero-order valence-corrected chi connectivity index (χ0v) is 7.57. The van der Waals surface area contributed by atoms with Crippen molar-refractivity contribution >= 4 is 5.97 Å². The van der Waals surface area contributed by atoms with Gasteiger partial charge in [-0.05, 0) is 0 Å². The SMILES string of the molecule is [NH3+][C@@H](Cn1cc(F)c(=O)[nH]c1=O)C(=O)O. The lowest BCUT2D eigenvalue weighted by atomic mass is 10.3. The second-order valence-electron chi connectivity index (χ2n) is 2.92. The van der Waals surface area contributed by atoms with Crippen LogP contribution in [0, 0.1) is 5.82 Å². The highest BCUT2D eigenvalue weighted by Crippen LogP contribution is 1.86. The van der Waals surface area contributed by atoms with Crippen molar-refractivity contribution in [2.24, 2.45) is 0 Å². The summed E-state index contributed by atoms with van der Waals surface area (Å²) in [6.45, 7) is -0.304. The summed E-state index contributed by atoms with van der Waals surface area (Å²) in [6, 6.07) is -1.09. The molecule has 0 radical (unpaired) electrons. The maximum absolute atomic E-state index is 12.7. The van der Waals surface area contributed by atoms with Gasteiger partial charge in [-0.15, -0.1) is 0 Å². The molecule has 0 aliphatic carbocycles. The van der Waals surface area contributed by atoms with Crippen molar-refractivity contribution in [3.05, 3.63) is 32.9 Å². The Bertz CT molecular complexity index is 492. The number of carboxylic acid groups (broad SMARTS) is 1. The van der Waals surface area contributed by atoms with E-state index >= 15 is 0 Å². The van der Waals surface area contributed by atoms with E-state index in [9.17, 15) is 18.8 Å². The van der Waals surface area contributed by atoms with Crippen molar-refractivity contribution in [3.8, 4) is 0 Å². The third kappa shape index (κ3) is 2.50. The first kappa shape index (κ1) is 11.1. The van der Waals surface area contributed by atoms with Gasteiger partial charge in [-0.2, -0.15) is 4.39 Å². The molecule has 0 saturated carbocycles. The van der Waals surface area contributed by atoms with E-state index in [1.54, 1.807) is 4.98 Å². The minimum atomic E-state index is -1.21. The average molecular weight is 218 g/mol. The van der Waals surface area contributed by atoms with E-state index in [2.05, 4.69) is 5.73 Å². The lowest BCUT2D eigenvalue weighted by Crippen LogP contribution is -2.67. The molecule has 7 nitrogen and oxygen atoms in total. The van der Waals surface area contributed by atoms with E-state index < -0.39 is 29.1 Å². The highest BCUT2D eigenvalue weighted by atomic mass is 19.1. The van der Waals surface area contributed by atoms with E-state index in [0.29, 0.717) is 6.20 Å². The molecule has 0 unspecified atom stereocenters. The number of H-pyrrole nitrogens is 1. The van der Waals surface area contributed by atoms with Gasteiger partial charge in [0.1, 0.15) is 0 Å². The monoisotopic (exact) mass is 218 g/mol. The number of carbonyl (C=O) groups is 1. The Morgan fingerprint density at radius 2 is 2.27 bits per heavy atom. The third-order valence-electron chi connectivity index (χ3n) is 1.73. The molecular weight excluding hydrogens is 209 g/mol. The van der Waals surface area contributed by atoms with Gasteiger partial charge < -0.3 is 10.8 Å². The summed E-state index contributed by atoms with van der Waals surface area (Å²) in [7, 11) is 0. The maximum atomic E-state index is 12.7. The second kappa shape index (κ2) is 4.05. The van der Waals surface area contributed by atoms with Gasteiger partial charge in [0.25, 0.3) is 5.56 Å². The lowest BCUT2D eigenvalue weighted by Gasteiger charge is -2.05. The van der Waals surface area contributed by atoms with Gasteiger partial charge in [0.2, 0.25) is 11.9 Å². The van der Waals surface area contributed by atoms with Crippen LogP contribution >= 0.6 is 0 Å². The molecule has 0 fully saturated rings. The Morgan fingerprint density at radius 3 is 2.80 bits per heavy atom.